The van der Waals surface area contributed by atoms with Crippen molar-refractivity contribution in [1.82, 2.24) is 4.90 Å². The van der Waals surface area contributed by atoms with Crippen molar-refractivity contribution in [3.63, 3.8) is 0 Å². The summed E-state index contributed by atoms with van der Waals surface area (Å²) < 4.78 is 5.45. The maximum absolute atomic E-state index is 11.6. The summed E-state index contributed by atoms with van der Waals surface area (Å²) in [4.78, 5) is 24.1. The molecular formula is C10H15NO4S. The van der Waals surface area contributed by atoms with Gasteiger partial charge in [-0.05, 0) is 12.8 Å². The number of rotatable bonds is 3. The minimum Gasteiger partial charge on any atom is -0.480 e. The summed E-state index contributed by atoms with van der Waals surface area (Å²) in [6.45, 7) is 1.60. The fourth-order valence-electron chi connectivity index (χ4n) is 1.98. The standard InChI is InChI=1S/C10H15NO4S/c12-9-6-16-8(10(13)14)5-11(9)4-7-2-1-3-15-7/h7-8H,1-6H2,(H,13,14). The van der Waals surface area contributed by atoms with Gasteiger partial charge in [0.1, 0.15) is 5.25 Å². The molecule has 1 N–H and O–H groups in total. The molecule has 0 spiro atoms. The first-order chi connectivity index (χ1) is 7.66. The number of thioether (sulfide) groups is 1. The highest BCUT2D eigenvalue weighted by atomic mass is 32.2. The predicted octanol–water partition coefficient (Wildman–Crippen LogP) is 0.194. The number of carbonyl (C=O) groups is 2. The van der Waals surface area contributed by atoms with Crippen molar-refractivity contribution < 1.29 is 19.4 Å². The Hall–Kier alpha value is -0.750. The predicted molar refractivity (Wildman–Crippen MR) is 59.4 cm³/mol. The van der Waals surface area contributed by atoms with Crippen LogP contribution in [0.25, 0.3) is 0 Å². The monoisotopic (exact) mass is 245 g/mol. The van der Waals surface area contributed by atoms with Gasteiger partial charge >= 0.3 is 5.97 Å². The van der Waals surface area contributed by atoms with Gasteiger partial charge in [-0.3, -0.25) is 9.59 Å². The quantitative estimate of drug-likeness (QED) is 0.769. The first-order valence-corrected chi connectivity index (χ1v) is 6.45. The summed E-state index contributed by atoms with van der Waals surface area (Å²) >= 11 is 1.21. The second-order valence-electron chi connectivity index (χ2n) is 4.07. The zero-order valence-electron chi connectivity index (χ0n) is 8.92. The van der Waals surface area contributed by atoms with E-state index in [0.29, 0.717) is 13.1 Å². The molecule has 2 saturated heterocycles. The van der Waals surface area contributed by atoms with Gasteiger partial charge in [0.05, 0.1) is 11.9 Å². The van der Waals surface area contributed by atoms with Gasteiger partial charge in [-0.25, -0.2) is 0 Å². The second-order valence-corrected chi connectivity index (χ2v) is 5.26. The molecule has 0 saturated carbocycles. The number of hydrogen-bond acceptors (Lipinski definition) is 4. The van der Waals surface area contributed by atoms with Crippen LogP contribution in [0.2, 0.25) is 0 Å². The van der Waals surface area contributed by atoms with E-state index in [0.717, 1.165) is 19.4 Å². The van der Waals surface area contributed by atoms with Crippen molar-refractivity contribution in [1.29, 1.82) is 0 Å². The average Bonchev–Trinajstić information content (AvgIpc) is 2.73. The number of aliphatic carboxylic acids is 1. The molecule has 2 aliphatic rings. The molecule has 0 bridgehead atoms. The van der Waals surface area contributed by atoms with Crippen LogP contribution in [0, 0.1) is 0 Å². The van der Waals surface area contributed by atoms with E-state index in [1.165, 1.54) is 11.8 Å². The molecular weight excluding hydrogens is 230 g/mol. The Balaban J connectivity index is 1.90. The highest BCUT2D eigenvalue weighted by Crippen LogP contribution is 2.22. The van der Waals surface area contributed by atoms with Crippen LogP contribution in [0.15, 0.2) is 0 Å². The Labute approximate surface area is 98.1 Å². The molecule has 2 aliphatic heterocycles. The van der Waals surface area contributed by atoms with Crippen molar-refractivity contribution in [2.75, 3.05) is 25.4 Å². The maximum atomic E-state index is 11.6. The molecule has 16 heavy (non-hydrogen) atoms. The molecule has 2 heterocycles. The van der Waals surface area contributed by atoms with E-state index in [9.17, 15) is 9.59 Å². The number of amides is 1. The zero-order valence-corrected chi connectivity index (χ0v) is 9.74. The van der Waals surface area contributed by atoms with E-state index in [-0.39, 0.29) is 17.8 Å². The van der Waals surface area contributed by atoms with Crippen LogP contribution in [0.3, 0.4) is 0 Å². The van der Waals surface area contributed by atoms with E-state index in [1.54, 1.807) is 4.90 Å². The molecule has 1 amide bonds. The zero-order chi connectivity index (χ0) is 11.5. The molecule has 6 heteroatoms. The summed E-state index contributed by atoms with van der Waals surface area (Å²) in [6, 6.07) is 0. The number of carboxylic acid groups (broad SMARTS) is 1. The van der Waals surface area contributed by atoms with Crippen LogP contribution in [0.1, 0.15) is 12.8 Å². The lowest BCUT2D eigenvalue weighted by Gasteiger charge is -2.31. The maximum Gasteiger partial charge on any atom is 0.318 e. The van der Waals surface area contributed by atoms with Crippen LogP contribution in [-0.2, 0) is 14.3 Å². The van der Waals surface area contributed by atoms with Crippen LogP contribution < -0.4 is 0 Å². The van der Waals surface area contributed by atoms with Crippen LogP contribution in [0.4, 0.5) is 0 Å². The Morgan fingerprint density at radius 3 is 3.06 bits per heavy atom. The molecule has 2 fully saturated rings. The van der Waals surface area contributed by atoms with Gasteiger partial charge in [0.25, 0.3) is 0 Å². The summed E-state index contributed by atoms with van der Waals surface area (Å²) in [5, 5.41) is 8.43. The highest BCUT2D eigenvalue weighted by molar-refractivity contribution is 8.01. The topological polar surface area (TPSA) is 66.8 Å². The van der Waals surface area contributed by atoms with E-state index in [1.807, 2.05) is 0 Å². The van der Waals surface area contributed by atoms with E-state index in [4.69, 9.17) is 9.84 Å². The van der Waals surface area contributed by atoms with Gasteiger partial charge in [0.15, 0.2) is 0 Å². The molecule has 2 rings (SSSR count). The third kappa shape index (κ3) is 2.68. The van der Waals surface area contributed by atoms with E-state index in [2.05, 4.69) is 0 Å². The van der Waals surface area contributed by atoms with Crippen molar-refractivity contribution in [2.24, 2.45) is 0 Å². The lowest BCUT2D eigenvalue weighted by atomic mass is 10.2. The molecule has 90 valence electrons. The lowest BCUT2D eigenvalue weighted by molar-refractivity contribution is -0.138. The van der Waals surface area contributed by atoms with Crippen LogP contribution in [0.5, 0.6) is 0 Å². The number of nitrogens with zero attached hydrogens (tertiary/aromatic N) is 1. The highest BCUT2D eigenvalue weighted by Gasteiger charge is 2.32. The summed E-state index contributed by atoms with van der Waals surface area (Å²) in [5.41, 5.74) is 0. The number of carboxylic acids is 1. The van der Waals surface area contributed by atoms with Crippen molar-refractivity contribution in [2.45, 2.75) is 24.2 Å². The van der Waals surface area contributed by atoms with Crippen LogP contribution in [-0.4, -0.2) is 58.7 Å². The number of carbonyl (C=O) groups excluding carboxylic acids is 1. The lowest BCUT2D eigenvalue weighted by Crippen LogP contribution is -2.47. The molecule has 2 unspecified atom stereocenters. The van der Waals surface area contributed by atoms with Crippen LogP contribution >= 0.6 is 11.8 Å². The van der Waals surface area contributed by atoms with Gasteiger partial charge in [-0.15, -0.1) is 11.8 Å². The summed E-state index contributed by atoms with van der Waals surface area (Å²) in [5.74, 6) is -0.545. The fourth-order valence-corrected chi connectivity index (χ4v) is 2.93. The Bertz CT molecular complexity index is 291. The second kappa shape index (κ2) is 5.05. The van der Waals surface area contributed by atoms with Crippen molar-refractivity contribution in [3.8, 4) is 0 Å². The normalized spacial score (nSPS) is 30.8. The van der Waals surface area contributed by atoms with Crippen molar-refractivity contribution in [3.05, 3.63) is 0 Å². The third-order valence-electron chi connectivity index (χ3n) is 2.87. The summed E-state index contributed by atoms with van der Waals surface area (Å²) in [6.07, 6.45) is 2.10. The minimum atomic E-state index is -0.838. The average molecular weight is 245 g/mol. The molecule has 0 aromatic carbocycles. The van der Waals surface area contributed by atoms with Gasteiger partial charge in [0, 0.05) is 19.7 Å². The first kappa shape index (κ1) is 11.7. The van der Waals surface area contributed by atoms with E-state index >= 15 is 0 Å². The molecule has 0 aromatic heterocycles. The Kier molecular flexibility index (Phi) is 3.70. The SMILES string of the molecule is O=C(O)C1CN(CC2CCCO2)C(=O)CS1. The Morgan fingerprint density at radius 1 is 1.62 bits per heavy atom. The molecule has 5 nitrogen and oxygen atoms in total. The molecule has 2 atom stereocenters. The Morgan fingerprint density at radius 2 is 2.44 bits per heavy atom. The minimum absolute atomic E-state index is 0.0259. The smallest absolute Gasteiger partial charge is 0.318 e. The largest absolute Gasteiger partial charge is 0.480 e. The molecule has 0 radical (unpaired) electrons. The fraction of sp³-hybridized carbons (Fsp3) is 0.800. The van der Waals surface area contributed by atoms with Gasteiger partial charge < -0.3 is 14.7 Å². The number of ether oxygens (including phenoxy) is 1. The van der Waals surface area contributed by atoms with Gasteiger partial charge in [-0.1, -0.05) is 0 Å². The summed E-state index contributed by atoms with van der Waals surface area (Å²) in [7, 11) is 0. The molecule has 0 aliphatic carbocycles. The van der Waals surface area contributed by atoms with Crippen molar-refractivity contribution >= 4 is 23.6 Å². The first-order valence-electron chi connectivity index (χ1n) is 5.40. The number of hydrogen-bond donors (Lipinski definition) is 1. The third-order valence-corrected chi connectivity index (χ3v) is 4.04. The van der Waals surface area contributed by atoms with Gasteiger partial charge in [0.2, 0.25) is 5.91 Å². The van der Waals surface area contributed by atoms with Gasteiger partial charge in [-0.2, -0.15) is 0 Å². The molecule has 0 aromatic rings. The van der Waals surface area contributed by atoms with E-state index < -0.39 is 11.2 Å².